The van der Waals surface area contributed by atoms with Crippen LogP contribution >= 0.6 is 0 Å². The third kappa shape index (κ3) is 4.59. The van der Waals surface area contributed by atoms with Gasteiger partial charge in [-0.1, -0.05) is 6.07 Å². The molecule has 0 atom stereocenters. The predicted molar refractivity (Wildman–Crippen MR) is 101 cm³/mol. The van der Waals surface area contributed by atoms with Crippen molar-refractivity contribution in [3.05, 3.63) is 46.8 Å². The van der Waals surface area contributed by atoms with Crippen LogP contribution in [0.15, 0.2) is 23.2 Å². The molecule has 2 heterocycles. The van der Waals surface area contributed by atoms with Crippen molar-refractivity contribution in [3.8, 4) is 0 Å². The summed E-state index contributed by atoms with van der Waals surface area (Å²) in [7, 11) is 0. The van der Waals surface area contributed by atoms with E-state index < -0.39 is 0 Å². The highest BCUT2D eigenvalue weighted by Crippen LogP contribution is 2.14. The lowest BCUT2D eigenvalue weighted by atomic mass is 10.1. The van der Waals surface area contributed by atoms with Crippen LogP contribution in [0, 0.1) is 12.7 Å². The van der Waals surface area contributed by atoms with E-state index in [1.54, 1.807) is 6.07 Å². The minimum atomic E-state index is -0.189. The molecule has 26 heavy (non-hydrogen) atoms. The summed E-state index contributed by atoms with van der Waals surface area (Å²) in [5, 5.41) is 15.2. The third-order valence-electron chi connectivity index (χ3n) is 4.65. The fourth-order valence-corrected chi connectivity index (χ4v) is 3.23. The molecule has 140 valence electrons. The van der Waals surface area contributed by atoms with Gasteiger partial charge in [-0.25, -0.2) is 9.38 Å². The van der Waals surface area contributed by atoms with Gasteiger partial charge in [0.15, 0.2) is 11.8 Å². The van der Waals surface area contributed by atoms with Gasteiger partial charge in [-0.3, -0.25) is 0 Å². The van der Waals surface area contributed by atoms with E-state index in [1.807, 2.05) is 19.9 Å². The Bertz CT molecular complexity index is 767. The molecule has 0 saturated heterocycles. The molecule has 0 fully saturated rings. The zero-order valence-electron chi connectivity index (χ0n) is 15.6. The summed E-state index contributed by atoms with van der Waals surface area (Å²) in [6.45, 7) is 7.00. The van der Waals surface area contributed by atoms with Gasteiger partial charge >= 0.3 is 0 Å². The second-order valence-electron chi connectivity index (χ2n) is 6.58. The molecule has 1 aromatic carbocycles. The van der Waals surface area contributed by atoms with Crippen LogP contribution in [0.3, 0.4) is 0 Å². The van der Waals surface area contributed by atoms with Gasteiger partial charge in [-0.15, -0.1) is 10.2 Å². The number of halogens is 1. The Labute approximate surface area is 153 Å². The molecule has 1 aliphatic heterocycles. The molecule has 2 aromatic rings. The maximum atomic E-state index is 13.2. The van der Waals surface area contributed by atoms with Crippen molar-refractivity contribution in [1.82, 2.24) is 25.4 Å². The van der Waals surface area contributed by atoms with Crippen LogP contribution in [0.2, 0.25) is 0 Å². The monoisotopic (exact) mass is 358 g/mol. The first-order valence-electron chi connectivity index (χ1n) is 9.35. The van der Waals surface area contributed by atoms with E-state index in [0.717, 1.165) is 61.2 Å². The largest absolute Gasteiger partial charge is 0.357 e. The predicted octanol–water partition coefficient (Wildman–Crippen LogP) is 2.36. The molecule has 0 bridgehead atoms. The Balaban J connectivity index is 1.58. The molecule has 0 aliphatic carbocycles. The quantitative estimate of drug-likeness (QED) is 0.614. The SMILES string of the molecule is CCNC(=NCc1nnc2n1CCCC2)NCCc1ccc(F)cc1C. The topological polar surface area (TPSA) is 67.1 Å². The summed E-state index contributed by atoms with van der Waals surface area (Å²) in [6, 6.07) is 4.93. The van der Waals surface area contributed by atoms with Gasteiger partial charge in [-0.05, 0) is 56.4 Å². The van der Waals surface area contributed by atoms with Gasteiger partial charge < -0.3 is 15.2 Å². The van der Waals surface area contributed by atoms with Crippen molar-refractivity contribution in [3.63, 3.8) is 0 Å². The number of hydrogen-bond donors (Lipinski definition) is 2. The number of aryl methyl sites for hydroxylation is 2. The zero-order valence-corrected chi connectivity index (χ0v) is 15.6. The van der Waals surface area contributed by atoms with E-state index in [9.17, 15) is 4.39 Å². The molecular weight excluding hydrogens is 331 g/mol. The summed E-state index contributed by atoms with van der Waals surface area (Å²) in [6.07, 6.45) is 4.19. The fourth-order valence-electron chi connectivity index (χ4n) is 3.23. The number of aromatic nitrogens is 3. The first kappa shape index (κ1) is 18.4. The fraction of sp³-hybridized carbons (Fsp3) is 0.526. The lowest BCUT2D eigenvalue weighted by Gasteiger charge is -2.15. The minimum Gasteiger partial charge on any atom is -0.357 e. The van der Waals surface area contributed by atoms with Crippen molar-refractivity contribution in [2.45, 2.75) is 52.6 Å². The number of benzene rings is 1. The van der Waals surface area contributed by atoms with Crippen LogP contribution in [-0.2, 0) is 25.9 Å². The number of guanidine groups is 1. The molecule has 0 radical (unpaired) electrons. The van der Waals surface area contributed by atoms with Crippen molar-refractivity contribution in [1.29, 1.82) is 0 Å². The van der Waals surface area contributed by atoms with Crippen LogP contribution in [0.5, 0.6) is 0 Å². The molecule has 7 heteroatoms. The number of fused-ring (bicyclic) bond motifs is 1. The van der Waals surface area contributed by atoms with Crippen LogP contribution in [0.4, 0.5) is 4.39 Å². The first-order valence-corrected chi connectivity index (χ1v) is 9.35. The summed E-state index contributed by atoms with van der Waals surface area (Å²) < 4.78 is 15.4. The van der Waals surface area contributed by atoms with Crippen molar-refractivity contribution >= 4 is 5.96 Å². The van der Waals surface area contributed by atoms with Gasteiger partial charge in [0, 0.05) is 26.1 Å². The molecule has 0 amide bonds. The number of aliphatic imine (C=N–C) groups is 1. The van der Waals surface area contributed by atoms with Gasteiger partial charge in [0.1, 0.15) is 18.2 Å². The standard InChI is InChI=1S/C19H27FN6/c1-3-21-19(22-10-9-15-7-8-16(20)12-14(15)2)23-13-18-25-24-17-6-4-5-11-26(17)18/h7-8,12H,3-6,9-11,13H2,1-2H3,(H2,21,22,23). The second-order valence-corrected chi connectivity index (χ2v) is 6.58. The molecule has 1 aliphatic rings. The number of nitrogens with one attached hydrogen (secondary N) is 2. The number of rotatable bonds is 6. The summed E-state index contributed by atoms with van der Waals surface area (Å²) in [4.78, 5) is 4.64. The van der Waals surface area contributed by atoms with E-state index in [-0.39, 0.29) is 5.82 Å². The average Bonchev–Trinajstić information content (AvgIpc) is 3.05. The highest BCUT2D eigenvalue weighted by molar-refractivity contribution is 5.79. The summed E-state index contributed by atoms with van der Waals surface area (Å²) >= 11 is 0. The Morgan fingerprint density at radius 1 is 1.27 bits per heavy atom. The van der Waals surface area contributed by atoms with Crippen molar-refractivity contribution < 1.29 is 4.39 Å². The van der Waals surface area contributed by atoms with E-state index in [4.69, 9.17) is 0 Å². The normalized spacial score (nSPS) is 14.2. The zero-order chi connectivity index (χ0) is 18.4. The Hall–Kier alpha value is -2.44. The molecule has 2 N–H and O–H groups in total. The first-order chi connectivity index (χ1) is 12.7. The maximum absolute atomic E-state index is 13.2. The van der Waals surface area contributed by atoms with Crippen molar-refractivity contribution in [2.24, 2.45) is 4.99 Å². The highest BCUT2D eigenvalue weighted by atomic mass is 19.1. The van der Waals surface area contributed by atoms with Gasteiger partial charge in [0.2, 0.25) is 0 Å². The second kappa shape index (κ2) is 8.78. The smallest absolute Gasteiger partial charge is 0.191 e. The molecule has 3 rings (SSSR count). The van der Waals surface area contributed by atoms with Crippen LogP contribution < -0.4 is 10.6 Å². The van der Waals surface area contributed by atoms with E-state index >= 15 is 0 Å². The number of hydrogen-bond acceptors (Lipinski definition) is 3. The minimum absolute atomic E-state index is 0.189. The summed E-state index contributed by atoms with van der Waals surface area (Å²) in [5.74, 6) is 2.57. The molecule has 6 nitrogen and oxygen atoms in total. The van der Waals surface area contributed by atoms with Crippen molar-refractivity contribution in [2.75, 3.05) is 13.1 Å². The highest BCUT2D eigenvalue weighted by Gasteiger charge is 2.15. The molecule has 1 aromatic heterocycles. The van der Waals surface area contributed by atoms with E-state index in [1.165, 1.54) is 18.9 Å². The molecule has 0 unspecified atom stereocenters. The molecule has 0 spiro atoms. The van der Waals surface area contributed by atoms with Gasteiger partial charge in [-0.2, -0.15) is 0 Å². The van der Waals surface area contributed by atoms with Gasteiger partial charge in [0.05, 0.1) is 0 Å². The van der Waals surface area contributed by atoms with Gasteiger partial charge in [0.25, 0.3) is 0 Å². The summed E-state index contributed by atoms with van der Waals surface area (Å²) in [5.41, 5.74) is 2.12. The molecular formula is C19H27FN6. The Morgan fingerprint density at radius 3 is 2.96 bits per heavy atom. The van der Waals surface area contributed by atoms with Crippen LogP contribution in [-0.4, -0.2) is 33.8 Å². The maximum Gasteiger partial charge on any atom is 0.191 e. The lowest BCUT2D eigenvalue weighted by Crippen LogP contribution is -2.38. The average molecular weight is 358 g/mol. The number of nitrogens with zero attached hydrogens (tertiary/aromatic N) is 4. The van der Waals surface area contributed by atoms with E-state index in [0.29, 0.717) is 6.54 Å². The Kier molecular flexibility index (Phi) is 6.20. The molecule has 0 saturated carbocycles. The van der Waals surface area contributed by atoms with E-state index in [2.05, 4.69) is 30.4 Å². The van der Waals surface area contributed by atoms with Crippen LogP contribution in [0.25, 0.3) is 0 Å². The van der Waals surface area contributed by atoms with Crippen LogP contribution in [0.1, 0.15) is 42.5 Å². The lowest BCUT2D eigenvalue weighted by molar-refractivity contribution is 0.508. The third-order valence-corrected chi connectivity index (χ3v) is 4.65. The Morgan fingerprint density at radius 2 is 2.15 bits per heavy atom.